The summed E-state index contributed by atoms with van der Waals surface area (Å²) in [5.41, 5.74) is -0.159. The Balaban J connectivity index is 1.36. The van der Waals surface area contributed by atoms with Crippen molar-refractivity contribution in [1.82, 2.24) is 14.7 Å². The maximum absolute atomic E-state index is 12.8. The summed E-state index contributed by atoms with van der Waals surface area (Å²) < 4.78 is 12.1. The van der Waals surface area contributed by atoms with Crippen LogP contribution in [0.25, 0.3) is 0 Å². The summed E-state index contributed by atoms with van der Waals surface area (Å²) in [6, 6.07) is -0.684. The van der Waals surface area contributed by atoms with E-state index in [-0.39, 0.29) is 53.6 Å². The largest absolute Gasteiger partial charge is 0.341 e. The Morgan fingerprint density at radius 3 is 2.24 bits per heavy atom. The number of rotatable bonds is 4. The molecule has 3 saturated heterocycles. The van der Waals surface area contributed by atoms with Crippen LogP contribution < -0.4 is 0 Å². The lowest BCUT2D eigenvalue weighted by Crippen LogP contribution is -2.50. The van der Waals surface area contributed by atoms with E-state index in [0.29, 0.717) is 25.9 Å². The van der Waals surface area contributed by atoms with Gasteiger partial charge in [-0.3, -0.25) is 28.3 Å². The first-order chi connectivity index (χ1) is 13.9. The Morgan fingerprint density at radius 2 is 1.62 bits per heavy atom. The van der Waals surface area contributed by atoms with Crippen molar-refractivity contribution in [2.75, 3.05) is 31.3 Å². The van der Waals surface area contributed by atoms with Crippen LogP contribution in [0.1, 0.15) is 57.8 Å². The van der Waals surface area contributed by atoms with Crippen LogP contribution in [-0.2, 0) is 30.0 Å². The molecule has 2 atom stereocenters. The number of hydrogen-bond donors (Lipinski definition) is 0. The van der Waals surface area contributed by atoms with Crippen LogP contribution >= 0.6 is 0 Å². The van der Waals surface area contributed by atoms with Gasteiger partial charge in [0.25, 0.3) is 0 Å². The van der Waals surface area contributed by atoms with E-state index in [1.165, 1.54) is 9.80 Å². The van der Waals surface area contributed by atoms with Gasteiger partial charge < -0.3 is 9.80 Å². The maximum Gasteiger partial charge on any atom is 0.246 e. The van der Waals surface area contributed by atoms with Gasteiger partial charge in [0.05, 0.1) is 11.6 Å². The number of nitrogens with zero attached hydrogens (tertiary/aromatic N) is 3. The van der Waals surface area contributed by atoms with Gasteiger partial charge in [-0.25, -0.2) is 0 Å². The highest BCUT2D eigenvalue weighted by molar-refractivity contribution is 7.85. The van der Waals surface area contributed by atoms with E-state index >= 15 is 0 Å². The Labute approximate surface area is 173 Å². The molecule has 3 heterocycles. The Hall–Kier alpha value is -1.77. The van der Waals surface area contributed by atoms with Crippen LogP contribution in [0.15, 0.2) is 0 Å². The number of imide groups is 1. The zero-order valence-electron chi connectivity index (χ0n) is 16.8. The molecule has 4 rings (SSSR count). The first kappa shape index (κ1) is 20.5. The number of hydrogen-bond acceptors (Lipinski definition) is 5. The molecule has 0 radical (unpaired) electrons. The van der Waals surface area contributed by atoms with Crippen molar-refractivity contribution in [1.29, 1.82) is 0 Å². The lowest BCUT2D eigenvalue weighted by molar-refractivity contribution is -0.154. The number of amides is 4. The average Bonchev–Trinajstić information content (AvgIpc) is 3.41. The zero-order chi connectivity index (χ0) is 20.6. The Kier molecular flexibility index (Phi) is 5.77. The average molecular weight is 424 g/mol. The standard InChI is InChI=1S/C20H29N3O5S/c24-16(23-14-29(28)13-15(23)19(27)21-8-3-4-9-21)5-10-22-17(25)11-20(12-18(22)26)6-1-2-7-20/h15H,1-14H2/t15-,29?/m0/s1. The van der Waals surface area contributed by atoms with Crippen LogP contribution in [0.4, 0.5) is 0 Å². The van der Waals surface area contributed by atoms with Crippen LogP contribution in [0, 0.1) is 5.41 Å². The third kappa shape index (κ3) is 4.11. The van der Waals surface area contributed by atoms with Crippen molar-refractivity contribution < 1.29 is 23.4 Å². The van der Waals surface area contributed by atoms with Crippen molar-refractivity contribution in [2.45, 2.75) is 63.8 Å². The summed E-state index contributed by atoms with van der Waals surface area (Å²) in [6.07, 6.45) is 6.65. The molecule has 1 saturated carbocycles. The van der Waals surface area contributed by atoms with Gasteiger partial charge in [-0.15, -0.1) is 0 Å². The minimum Gasteiger partial charge on any atom is -0.341 e. The van der Waals surface area contributed by atoms with Gasteiger partial charge in [0.1, 0.15) is 6.04 Å². The van der Waals surface area contributed by atoms with Crippen LogP contribution in [0.5, 0.6) is 0 Å². The van der Waals surface area contributed by atoms with Gasteiger partial charge in [0, 0.05) is 49.7 Å². The lowest BCUT2D eigenvalue weighted by atomic mass is 9.76. The molecule has 9 heteroatoms. The molecule has 8 nitrogen and oxygen atoms in total. The van der Waals surface area contributed by atoms with Gasteiger partial charge in [-0.05, 0) is 31.1 Å². The van der Waals surface area contributed by atoms with Crippen LogP contribution in [-0.4, -0.2) is 79.8 Å². The molecule has 160 valence electrons. The quantitative estimate of drug-likeness (QED) is 0.618. The molecule has 3 aliphatic heterocycles. The Bertz CT molecular complexity index is 722. The fourth-order valence-corrected chi connectivity index (χ4v) is 6.69. The number of piperidine rings is 1. The second-order valence-corrected chi connectivity index (χ2v) is 10.4. The molecule has 0 aromatic carbocycles. The third-order valence-corrected chi connectivity index (χ3v) is 8.15. The van der Waals surface area contributed by atoms with E-state index in [2.05, 4.69) is 0 Å². The summed E-state index contributed by atoms with van der Waals surface area (Å²) in [5, 5.41) is 0. The van der Waals surface area contributed by atoms with E-state index < -0.39 is 16.8 Å². The molecule has 4 aliphatic rings. The number of likely N-dealkylation sites (tertiary alicyclic amines) is 2. The number of carbonyl (C=O) groups is 4. The lowest BCUT2D eigenvalue weighted by Gasteiger charge is -2.37. The zero-order valence-corrected chi connectivity index (χ0v) is 17.6. The van der Waals surface area contributed by atoms with E-state index in [1.54, 1.807) is 4.90 Å². The highest BCUT2D eigenvalue weighted by Crippen LogP contribution is 2.46. The molecule has 4 amide bonds. The molecule has 4 fully saturated rings. The number of carbonyl (C=O) groups excluding carboxylic acids is 4. The first-order valence-electron chi connectivity index (χ1n) is 10.6. The molecule has 0 bridgehead atoms. The summed E-state index contributed by atoms with van der Waals surface area (Å²) in [6.45, 7) is 1.41. The molecule has 1 unspecified atom stereocenters. The minimum absolute atomic E-state index is 0.0224. The smallest absolute Gasteiger partial charge is 0.246 e. The second kappa shape index (κ2) is 8.16. The molecule has 0 aromatic heterocycles. The third-order valence-electron chi connectivity index (χ3n) is 6.89. The van der Waals surface area contributed by atoms with E-state index in [0.717, 1.165) is 38.5 Å². The predicted octanol–water partition coefficient (Wildman–Crippen LogP) is 0.625. The molecule has 0 aromatic rings. The van der Waals surface area contributed by atoms with Gasteiger partial charge >= 0.3 is 0 Å². The molecular weight excluding hydrogens is 394 g/mol. The topological polar surface area (TPSA) is 95.1 Å². The molecule has 0 N–H and O–H groups in total. The highest BCUT2D eigenvalue weighted by atomic mass is 32.2. The van der Waals surface area contributed by atoms with Crippen molar-refractivity contribution in [3.05, 3.63) is 0 Å². The van der Waals surface area contributed by atoms with Gasteiger partial charge in [0.2, 0.25) is 23.6 Å². The first-order valence-corrected chi connectivity index (χ1v) is 12.1. The van der Waals surface area contributed by atoms with Gasteiger partial charge in [0.15, 0.2) is 0 Å². The molecule has 29 heavy (non-hydrogen) atoms. The summed E-state index contributed by atoms with van der Waals surface area (Å²) in [5.74, 6) is -0.597. The van der Waals surface area contributed by atoms with Gasteiger partial charge in [-0.2, -0.15) is 0 Å². The maximum atomic E-state index is 12.8. The van der Waals surface area contributed by atoms with Gasteiger partial charge in [-0.1, -0.05) is 12.8 Å². The van der Waals surface area contributed by atoms with Crippen molar-refractivity contribution in [3.63, 3.8) is 0 Å². The van der Waals surface area contributed by atoms with E-state index in [1.807, 2.05) is 0 Å². The molecule has 1 spiro atoms. The van der Waals surface area contributed by atoms with Crippen molar-refractivity contribution in [3.8, 4) is 0 Å². The summed E-state index contributed by atoms with van der Waals surface area (Å²) in [7, 11) is -1.24. The monoisotopic (exact) mass is 423 g/mol. The van der Waals surface area contributed by atoms with E-state index in [9.17, 15) is 23.4 Å². The molecular formula is C20H29N3O5S. The fraction of sp³-hybridized carbons (Fsp3) is 0.800. The minimum atomic E-state index is -1.24. The van der Waals surface area contributed by atoms with Crippen LogP contribution in [0.2, 0.25) is 0 Å². The summed E-state index contributed by atoms with van der Waals surface area (Å²) in [4.78, 5) is 55.0. The predicted molar refractivity (Wildman–Crippen MR) is 106 cm³/mol. The second-order valence-electron chi connectivity index (χ2n) is 8.90. The highest BCUT2D eigenvalue weighted by Gasteiger charge is 2.45. The SMILES string of the molecule is O=C([C@@H]1CS(=O)CN1C(=O)CCN1C(=O)CC2(CCCC2)CC1=O)N1CCCC1. The van der Waals surface area contributed by atoms with E-state index in [4.69, 9.17) is 0 Å². The Morgan fingerprint density at radius 1 is 1.00 bits per heavy atom. The fourth-order valence-electron chi connectivity index (χ4n) is 5.28. The molecule has 1 aliphatic carbocycles. The van der Waals surface area contributed by atoms with Crippen LogP contribution in [0.3, 0.4) is 0 Å². The van der Waals surface area contributed by atoms with Crippen molar-refractivity contribution in [2.24, 2.45) is 5.41 Å². The summed E-state index contributed by atoms with van der Waals surface area (Å²) >= 11 is 0. The van der Waals surface area contributed by atoms with Crippen molar-refractivity contribution >= 4 is 34.4 Å². The normalized spacial score (nSPS) is 29.3.